The van der Waals surface area contributed by atoms with E-state index in [4.69, 9.17) is 0 Å². The van der Waals surface area contributed by atoms with Gasteiger partial charge in [0.1, 0.15) is 0 Å². The van der Waals surface area contributed by atoms with Crippen LogP contribution in [0.4, 0.5) is 51.2 Å². The van der Waals surface area contributed by atoms with Gasteiger partial charge in [-0.25, -0.2) is 0 Å². The fraction of sp³-hybridized carbons (Fsp3) is 0.0226. The Morgan fingerprint density at radius 2 is 0.414 bits per heavy atom. The van der Waals surface area contributed by atoms with Crippen LogP contribution in [0.5, 0.6) is 0 Å². The van der Waals surface area contributed by atoms with Gasteiger partial charge in [-0.2, -0.15) is 0 Å². The third-order valence-corrected chi connectivity index (χ3v) is 28.4. The molecule has 0 aliphatic heterocycles. The molecule has 686 valence electrons. The average molecular weight is 1870 g/mol. The van der Waals surface area contributed by atoms with Gasteiger partial charge in [-0.15, -0.1) is 0 Å². The molecule has 145 heavy (non-hydrogen) atoms. The number of nitrogens with zero attached hydrogens (tertiary/aromatic N) is 6. The molecule has 0 saturated heterocycles. The predicted octanol–water partition coefficient (Wildman–Crippen LogP) is 31.5. The summed E-state index contributed by atoms with van der Waals surface area (Å²) < 4.78 is 6.29. The summed E-state index contributed by atoms with van der Waals surface area (Å²) in [5.74, 6) is 0. The van der Waals surface area contributed by atoms with Gasteiger partial charge in [0.25, 0.3) is 0 Å². The molecule has 0 atom stereocenters. The highest BCUT2D eigenvalue weighted by molar-refractivity contribution is 6.13. The van der Waals surface area contributed by atoms with Gasteiger partial charge in [-0.05, 0) is 292 Å². The van der Waals surface area contributed by atoms with Crippen molar-refractivity contribution in [2.24, 2.45) is 0 Å². The fourth-order valence-corrected chi connectivity index (χ4v) is 21.8. The molecule has 21 aromatic carbocycles. The Hall–Kier alpha value is -19.3. The molecule has 0 spiro atoms. The molecule has 6 aromatic heterocycles. The lowest BCUT2D eigenvalue weighted by molar-refractivity contribution is 1.26. The number of aryl methyl sites for hydroxylation is 3. The quantitative estimate of drug-likeness (QED) is 0.0773. The van der Waals surface area contributed by atoms with Crippen molar-refractivity contribution in [2.45, 2.75) is 20.8 Å². The second-order valence-corrected chi connectivity index (χ2v) is 37.3. The first-order chi connectivity index (χ1) is 71.2. The smallest absolute Gasteiger partial charge is 0.197 e. The lowest BCUT2D eigenvalue weighted by Crippen LogP contribution is -2.16. The van der Waals surface area contributed by atoms with Crippen molar-refractivity contribution in [1.82, 2.24) is 13.2 Å². The zero-order valence-corrected chi connectivity index (χ0v) is 79.2. The summed E-state index contributed by atoms with van der Waals surface area (Å²) in [7, 11) is 0. The van der Waals surface area contributed by atoms with Gasteiger partial charge in [0.2, 0.25) is 0 Å². The molecule has 0 aliphatic rings. The Balaban J connectivity index is 0.000000114. The maximum Gasteiger partial charge on any atom is 0.197 e. The van der Waals surface area contributed by atoms with Crippen molar-refractivity contribution in [3.05, 3.63) is 557 Å². The number of hydrogen-bond donors (Lipinski definition) is 0. The number of para-hydroxylation sites is 5. The van der Waals surface area contributed by atoms with Gasteiger partial charge in [0.15, 0.2) is 32.6 Å². The summed E-state index contributed by atoms with van der Waals surface area (Å²) >= 11 is 0. The van der Waals surface area contributed by atoms with Crippen LogP contribution in [-0.4, -0.2) is 13.2 Å². The van der Waals surface area contributed by atoms with Crippen LogP contribution in [0, 0.1) is 20.8 Å². The molecule has 0 radical (unpaired) electrons. The molecule has 0 unspecified atom stereocenters. The summed E-state index contributed by atoms with van der Waals surface area (Å²) in [5.41, 5.74) is 28.8. The molecule has 6 heterocycles. The second kappa shape index (κ2) is 35.9. The number of rotatable bonds is 14. The first-order valence-corrected chi connectivity index (χ1v) is 48.6. The van der Waals surface area contributed by atoms with Gasteiger partial charge in [0, 0.05) is 116 Å². The lowest BCUT2D eigenvalue weighted by atomic mass is 9.98. The minimum atomic E-state index is -0.0842. The monoisotopic (exact) mass is 1860 g/mol. The Kier molecular flexibility index (Phi) is 21.6. The van der Waals surface area contributed by atoms with Crippen LogP contribution in [0.25, 0.3) is 181 Å². The van der Waals surface area contributed by atoms with Gasteiger partial charge in [0.05, 0.1) is 55.3 Å². The van der Waals surface area contributed by atoms with Crippen LogP contribution in [0.3, 0.4) is 0 Å². The molecule has 0 saturated carbocycles. The van der Waals surface area contributed by atoms with Crippen LogP contribution in [0.1, 0.15) is 16.7 Å². The van der Waals surface area contributed by atoms with Crippen LogP contribution in [0.15, 0.2) is 508 Å². The Morgan fingerprint density at radius 3 is 0.821 bits per heavy atom. The average Bonchev–Trinajstić information content (AvgIpc) is 0.713. The highest BCUT2D eigenvalue weighted by Crippen LogP contribution is 2.46. The van der Waals surface area contributed by atoms with E-state index in [1.807, 2.05) is 233 Å². The zero-order chi connectivity index (χ0) is 97.8. The Bertz CT molecular complexity index is 10100. The largest absolute Gasteiger partial charge is 0.310 e. The number of pyridine rings is 6. The Labute approximate surface area is 832 Å². The molecule has 0 bridgehead atoms. The van der Waals surface area contributed by atoms with Crippen LogP contribution in [0.2, 0.25) is 0 Å². The van der Waals surface area contributed by atoms with Gasteiger partial charge in [-0.1, -0.05) is 285 Å². The van der Waals surface area contributed by atoms with Crippen LogP contribution < -0.4 is 47.3 Å². The van der Waals surface area contributed by atoms with Gasteiger partial charge < -0.3 is 27.9 Å². The highest BCUT2D eigenvalue weighted by atomic mass is 16.1. The molecule has 0 amide bonds. The summed E-state index contributed by atoms with van der Waals surface area (Å²) in [6.07, 6.45) is 0. The van der Waals surface area contributed by atoms with Crippen molar-refractivity contribution in [3.8, 4) is 55.6 Å². The van der Waals surface area contributed by atoms with Crippen molar-refractivity contribution in [3.63, 3.8) is 0 Å². The van der Waals surface area contributed by atoms with E-state index in [-0.39, 0.29) is 32.6 Å². The van der Waals surface area contributed by atoms with Crippen LogP contribution in [-0.2, 0) is 0 Å². The SMILES string of the molecule is Cc1cc2c(=O)c3ccccc3n3c4cc(N(c5ccc(-c6ccccc6)cc5)c5ccccc5-c5ccccc5)ccc4c(=O)c(c1)c23.Cc1cc2c(=O)c3ccccc3n3c4ccc(N(c5ccc(-c6ccccc6)cc5)c5ccc(-c6ccccc6)cc5)cc4c(=O)c(c1)c23.Cc1cc2c(=O)c3ccccc3n3c4ccc(N(c5ccccc5)c5ccc(-c6cccc7ccccc67)cc5)cc4c(=O)c(c1)c23. The van der Waals surface area contributed by atoms with E-state index in [2.05, 4.69) is 295 Å². The molecule has 12 nitrogen and oxygen atoms in total. The van der Waals surface area contributed by atoms with Gasteiger partial charge in [-0.3, -0.25) is 28.8 Å². The summed E-state index contributed by atoms with van der Waals surface area (Å²) in [4.78, 5) is 90.7. The molecule has 27 rings (SSSR count). The summed E-state index contributed by atoms with van der Waals surface area (Å²) in [6.45, 7) is 5.81. The van der Waals surface area contributed by atoms with E-state index in [1.54, 1.807) is 0 Å². The number of anilines is 9. The van der Waals surface area contributed by atoms with E-state index < -0.39 is 0 Å². The Morgan fingerprint density at radius 1 is 0.159 bits per heavy atom. The minimum Gasteiger partial charge on any atom is -0.310 e. The van der Waals surface area contributed by atoms with Crippen molar-refractivity contribution >= 4 is 176 Å². The van der Waals surface area contributed by atoms with E-state index in [9.17, 15) is 28.8 Å². The second-order valence-electron chi connectivity index (χ2n) is 37.3. The topological polar surface area (TPSA) is 125 Å². The molecule has 27 aromatic rings. The molecule has 12 heteroatoms. The molecular weight excluding hydrogens is 1780 g/mol. The maximum absolute atomic E-state index is 14.4. The standard InChI is InChI=1S/2C45H30N2O2.C43H28N2O2/c1-29-26-38-43-39(27-29)45(49)37-25-24-34(28-42(37)47(43)41-19-11-9-17-36(41)44(38)48)46(33-22-20-31(21-23-33)30-12-4-2-5-13-30)40-18-10-8-16-35(40)32-14-6-3-7-15-32;1-29-26-39-43-40(27-29)45(49)38-28-36(24-25-42(38)47(43)41-15-9-8-14-37(41)44(39)48)46(34-20-16-32(17-21-34)30-10-4-2-5-11-30)35-22-18-33(19-23-35)31-12-6-3-7-13-31;1-27-24-37-41-38(25-27)43(47)36-26-32(22-23-40(36)45(41)39-17-8-7-15-35(39)42(37)46)44(30-12-3-2-4-13-30)31-20-18-29(19-21-31)34-16-9-11-28-10-5-6-14-33(28)34/h2*2-28H,1H3;2-26H,1H3. The van der Waals surface area contributed by atoms with E-state index in [1.165, 1.54) is 16.3 Å². The van der Waals surface area contributed by atoms with Gasteiger partial charge >= 0.3 is 0 Å². The maximum atomic E-state index is 14.4. The third-order valence-electron chi connectivity index (χ3n) is 28.4. The minimum absolute atomic E-state index is 0.0492. The lowest BCUT2D eigenvalue weighted by Gasteiger charge is -2.28. The highest BCUT2D eigenvalue weighted by Gasteiger charge is 2.27. The molecule has 0 fully saturated rings. The number of fused-ring (bicyclic) bond motifs is 13. The van der Waals surface area contributed by atoms with Crippen molar-refractivity contribution in [1.29, 1.82) is 0 Å². The van der Waals surface area contributed by atoms with Crippen molar-refractivity contribution in [2.75, 3.05) is 14.7 Å². The first kappa shape index (κ1) is 87.2. The summed E-state index contributed by atoms with van der Waals surface area (Å²) in [5, 5.41) is 9.48. The third kappa shape index (κ3) is 15.1. The normalized spacial score (nSPS) is 11.6. The predicted molar refractivity (Wildman–Crippen MR) is 604 cm³/mol. The van der Waals surface area contributed by atoms with E-state index in [0.29, 0.717) is 81.2 Å². The fourth-order valence-electron chi connectivity index (χ4n) is 21.8. The first-order valence-electron chi connectivity index (χ1n) is 48.6. The summed E-state index contributed by atoms with van der Waals surface area (Å²) in [6, 6.07) is 162. The van der Waals surface area contributed by atoms with E-state index >= 15 is 0 Å². The van der Waals surface area contributed by atoms with Crippen molar-refractivity contribution < 1.29 is 0 Å². The van der Waals surface area contributed by atoms with Crippen LogP contribution >= 0.6 is 0 Å². The number of hydrogen-bond acceptors (Lipinski definition) is 9. The number of aromatic nitrogens is 3. The molecule has 0 N–H and O–H groups in total. The zero-order valence-electron chi connectivity index (χ0n) is 79.2. The molecular formula is C133H88N6O6. The van der Waals surface area contributed by atoms with E-state index in [0.717, 1.165) is 151 Å². The molecule has 0 aliphatic carbocycles. The number of benzene rings is 21.